The summed E-state index contributed by atoms with van der Waals surface area (Å²) in [4.78, 5) is 75.5. The second-order valence-electron chi connectivity index (χ2n) is 22.9. The Bertz CT molecular complexity index is 2020. The number of carbonyl (C=O) groups is 5. The minimum Gasteiger partial charge on any atom is -0.460 e. The summed E-state index contributed by atoms with van der Waals surface area (Å²) < 4.78 is 47.7. The average Bonchev–Trinajstić information content (AvgIpc) is 3.43. The molecule has 5 rings (SSSR count). The van der Waals surface area contributed by atoms with Crippen LogP contribution in [0.25, 0.3) is 0 Å². The molecule has 15 atom stereocenters. The van der Waals surface area contributed by atoms with Gasteiger partial charge in [-0.15, -0.1) is 0 Å². The van der Waals surface area contributed by atoms with E-state index in [-0.39, 0.29) is 73.9 Å². The molecule has 0 aromatic carbocycles. The number of Topliss-reactive ketones (excluding diaryl/α,β-unsaturated/α-hetero) is 3. The lowest BCUT2D eigenvalue weighted by Gasteiger charge is -2.43. The van der Waals surface area contributed by atoms with Crippen LogP contribution in [0.3, 0.4) is 0 Å². The lowest BCUT2D eigenvalue weighted by Crippen LogP contribution is -2.61. The molecule has 0 radical (unpaired) electrons. The Morgan fingerprint density at radius 2 is 1.56 bits per heavy atom. The van der Waals surface area contributed by atoms with Crippen LogP contribution < -0.4 is 0 Å². The van der Waals surface area contributed by atoms with Gasteiger partial charge in [0.15, 0.2) is 5.78 Å². The Kier molecular flexibility index (Phi) is 26.8. The van der Waals surface area contributed by atoms with Gasteiger partial charge in [-0.25, -0.2) is 4.79 Å². The monoisotopic (exact) mass is 1080 g/mol. The van der Waals surface area contributed by atoms with Gasteiger partial charge in [-0.3, -0.25) is 24.1 Å². The average molecular weight is 1090 g/mol. The van der Waals surface area contributed by atoms with Crippen LogP contribution in [0.5, 0.6) is 0 Å². The number of ether oxygens (including phenoxy) is 8. The number of allylic oxidation sites excluding steroid dienone is 6. The number of hydrogen-bond acceptors (Lipinski definition) is 16. The fraction of sp³-hybridized carbons (Fsp3) is 0.783. The molecule has 77 heavy (non-hydrogen) atoms. The van der Waals surface area contributed by atoms with Gasteiger partial charge in [0.05, 0.1) is 50.8 Å². The number of cyclic esters (lactones) is 1. The number of ketones is 3. The van der Waals surface area contributed by atoms with Gasteiger partial charge in [-0.05, 0) is 113 Å². The van der Waals surface area contributed by atoms with E-state index in [9.17, 15) is 34.2 Å². The molecule has 5 aliphatic rings. The highest BCUT2D eigenvalue weighted by atomic mass is 16.6. The van der Waals surface area contributed by atoms with E-state index in [0.29, 0.717) is 57.3 Å². The van der Waals surface area contributed by atoms with Crippen LogP contribution in [0.2, 0.25) is 0 Å². The van der Waals surface area contributed by atoms with Crippen LogP contribution in [0.1, 0.15) is 132 Å². The van der Waals surface area contributed by atoms with Gasteiger partial charge in [0.25, 0.3) is 11.7 Å². The number of amides is 1. The number of morpholine rings is 1. The van der Waals surface area contributed by atoms with Gasteiger partial charge in [-0.1, -0.05) is 71.1 Å². The van der Waals surface area contributed by atoms with Gasteiger partial charge in [0.2, 0.25) is 5.79 Å². The van der Waals surface area contributed by atoms with Crippen LogP contribution in [-0.2, 0) is 61.9 Å². The van der Waals surface area contributed by atoms with E-state index in [0.717, 1.165) is 64.1 Å². The maximum atomic E-state index is 14.7. The highest BCUT2D eigenvalue weighted by molar-refractivity contribution is 6.39. The van der Waals surface area contributed by atoms with Gasteiger partial charge in [-0.2, -0.15) is 0 Å². The topological polar surface area (TPSA) is 206 Å². The second-order valence-corrected chi connectivity index (χ2v) is 22.9. The van der Waals surface area contributed by atoms with Crippen molar-refractivity contribution in [3.63, 3.8) is 0 Å². The fourth-order valence-electron chi connectivity index (χ4n) is 11.8. The number of nitrogens with zero attached hydrogens (tertiary/aromatic N) is 2. The normalized spacial score (nSPS) is 36.3. The zero-order chi connectivity index (χ0) is 56.2. The lowest BCUT2D eigenvalue weighted by molar-refractivity contribution is -0.266. The summed E-state index contributed by atoms with van der Waals surface area (Å²) in [6.45, 7) is 18.5. The Morgan fingerprint density at radius 3 is 2.27 bits per heavy atom. The van der Waals surface area contributed by atoms with Crippen molar-refractivity contribution in [2.24, 2.45) is 35.5 Å². The third-order valence-corrected chi connectivity index (χ3v) is 16.8. The van der Waals surface area contributed by atoms with Crippen molar-refractivity contribution >= 4 is 29.2 Å². The molecule has 0 spiro atoms. The molecule has 2 bridgehead atoms. The first-order chi connectivity index (χ1) is 36.8. The predicted molar refractivity (Wildman–Crippen MR) is 292 cm³/mol. The number of fused-ring (bicyclic) bond motifs is 3. The summed E-state index contributed by atoms with van der Waals surface area (Å²) in [7, 11) is 4.68. The van der Waals surface area contributed by atoms with E-state index in [1.165, 1.54) is 12.0 Å². The third kappa shape index (κ3) is 18.8. The summed E-state index contributed by atoms with van der Waals surface area (Å²) in [5.74, 6) is -7.92. The highest BCUT2D eigenvalue weighted by Gasteiger charge is 2.53. The van der Waals surface area contributed by atoms with E-state index in [1.54, 1.807) is 41.1 Å². The van der Waals surface area contributed by atoms with Crippen molar-refractivity contribution in [1.82, 2.24) is 9.80 Å². The molecule has 4 aliphatic heterocycles. The van der Waals surface area contributed by atoms with E-state index >= 15 is 0 Å². The zero-order valence-corrected chi connectivity index (χ0v) is 48.2. The van der Waals surface area contributed by atoms with Crippen molar-refractivity contribution in [2.45, 2.75) is 186 Å². The van der Waals surface area contributed by atoms with Crippen LogP contribution >= 0.6 is 0 Å². The Hall–Kier alpha value is -3.49. The fourth-order valence-corrected chi connectivity index (χ4v) is 11.8. The summed E-state index contributed by atoms with van der Waals surface area (Å²) in [6, 6.07) is -1.15. The molecule has 0 aromatic heterocycles. The van der Waals surface area contributed by atoms with Gasteiger partial charge < -0.3 is 53.0 Å². The molecular formula is C60H96N2O15. The molecule has 0 unspecified atom stereocenters. The van der Waals surface area contributed by atoms with Gasteiger partial charge in [0.1, 0.15) is 30.1 Å². The summed E-state index contributed by atoms with van der Waals surface area (Å²) in [6.07, 6.45) is 13.3. The molecule has 1 aliphatic carbocycles. The standard InChI is InChI=1S/C60H96N2O15/c1-39-17-12-11-13-18-40(2)51(75-32-31-70-8)37-47-22-20-45(7)60(69,77-47)57(66)58(67)62-25-15-14-19-48(62)59(68)76-52(38-49(63)41(3)34-44(6)55(65)56(72-10)54(64)43(5)33-39)42(4)35-46-21-23-50(53(36-46)71-9)74-28-16-24-61-26-29-73-30-27-61/h11-13,17-18,34,39,41-43,45-48,50-53,55-56,65,69H,14-16,19-33,35-38H2,1-10H3/b13-11?,17-12+,40-18?,44-34+/t39-,41-,42-,43-,45-,46+,47+,48+,50-,51+,52+,53-,55-,56+,60-/m1/s1. The summed E-state index contributed by atoms with van der Waals surface area (Å²) in [5, 5.41) is 23.7. The SMILES string of the molecule is COCCO[C@H]1C[C@@H]2CC[C@@H](C)[C@@](O)(O2)C(=O)C(=O)N2CCCC[C@H]2C(=O)O[C@H]([C@H](C)C[C@@H]2CC[C@@H](OCCCN3CCOCC3)[C@H](OC)C2)CC(=O)[C@H](C)/C=C(\C)[C@@H](O)[C@@H](OC)C(=O)[C@H](C)C[C@H](C)/C=C/C=CC=C1C. The minimum atomic E-state index is -2.46. The molecule has 4 fully saturated rings. The third-order valence-electron chi connectivity index (χ3n) is 16.8. The van der Waals surface area contributed by atoms with Crippen LogP contribution in [0, 0.1) is 35.5 Å². The number of rotatable bonds is 14. The summed E-state index contributed by atoms with van der Waals surface area (Å²) in [5.41, 5.74) is 1.26. The number of hydrogen-bond donors (Lipinski definition) is 2. The maximum Gasteiger partial charge on any atom is 0.329 e. The first-order valence-corrected chi connectivity index (χ1v) is 28.8. The molecular weight excluding hydrogens is 989 g/mol. The molecule has 0 aromatic rings. The van der Waals surface area contributed by atoms with Crippen LogP contribution in [0.15, 0.2) is 47.6 Å². The van der Waals surface area contributed by atoms with E-state index in [2.05, 4.69) is 4.90 Å². The first kappa shape index (κ1) is 64.3. The molecule has 17 nitrogen and oxygen atoms in total. The van der Waals surface area contributed by atoms with E-state index in [1.807, 2.05) is 58.1 Å². The smallest absolute Gasteiger partial charge is 0.329 e. The lowest BCUT2D eigenvalue weighted by atomic mass is 9.78. The number of methoxy groups -OCH3 is 3. The molecule has 2 N–H and O–H groups in total. The first-order valence-electron chi connectivity index (χ1n) is 28.8. The number of esters is 1. The Balaban J connectivity index is 1.42. The number of carbonyl (C=O) groups excluding carboxylic acids is 5. The molecule has 4 heterocycles. The van der Waals surface area contributed by atoms with E-state index < -0.39 is 77.8 Å². The summed E-state index contributed by atoms with van der Waals surface area (Å²) >= 11 is 0. The zero-order valence-electron chi connectivity index (χ0n) is 48.2. The minimum absolute atomic E-state index is 0.00415. The quantitative estimate of drug-likeness (QED) is 0.0782. The molecule has 1 saturated carbocycles. The van der Waals surface area contributed by atoms with Crippen molar-refractivity contribution in [1.29, 1.82) is 0 Å². The molecule has 17 heteroatoms. The molecule has 1 amide bonds. The predicted octanol–water partition coefficient (Wildman–Crippen LogP) is 6.94. The van der Waals surface area contributed by atoms with Gasteiger partial charge >= 0.3 is 5.97 Å². The van der Waals surface area contributed by atoms with Crippen LogP contribution in [0.4, 0.5) is 0 Å². The van der Waals surface area contributed by atoms with Crippen molar-refractivity contribution in [3.05, 3.63) is 47.6 Å². The van der Waals surface area contributed by atoms with Gasteiger partial charge in [0, 0.05) is 84.7 Å². The van der Waals surface area contributed by atoms with Crippen molar-refractivity contribution in [2.75, 3.05) is 80.5 Å². The van der Waals surface area contributed by atoms with E-state index in [4.69, 9.17) is 37.9 Å². The number of aliphatic hydroxyl groups is 2. The highest BCUT2D eigenvalue weighted by Crippen LogP contribution is 2.38. The van der Waals surface area contributed by atoms with Crippen molar-refractivity contribution in [3.8, 4) is 0 Å². The Labute approximate surface area is 459 Å². The number of aliphatic hydroxyl groups excluding tert-OH is 1. The largest absolute Gasteiger partial charge is 0.460 e. The molecule has 436 valence electrons. The van der Waals surface area contributed by atoms with Crippen molar-refractivity contribution < 1.29 is 72.1 Å². The second kappa shape index (κ2) is 32.1. The Morgan fingerprint density at radius 1 is 0.805 bits per heavy atom. The van der Waals surface area contributed by atoms with Crippen LogP contribution in [-0.4, -0.2) is 184 Å². The number of piperidine rings is 1. The maximum absolute atomic E-state index is 14.7. The molecule has 3 saturated heterocycles.